The summed E-state index contributed by atoms with van der Waals surface area (Å²) in [5.41, 5.74) is 6.20. The molecule has 0 aliphatic carbocycles. The number of para-hydroxylation sites is 2. The molecule has 3 aromatic carbocycles. The number of carbonyl (C=O) groups excluding carboxylic acids is 1. The molecule has 7 nitrogen and oxygen atoms in total. The van der Waals surface area contributed by atoms with Crippen molar-refractivity contribution in [1.29, 1.82) is 0 Å². The van der Waals surface area contributed by atoms with E-state index in [-0.39, 0.29) is 18.2 Å². The number of amides is 1. The zero-order chi connectivity index (χ0) is 26.1. The average Bonchev–Trinajstić information content (AvgIpc) is 3.38. The lowest BCUT2D eigenvalue weighted by molar-refractivity contribution is -0.114. The van der Waals surface area contributed by atoms with Gasteiger partial charge in [0.25, 0.3) is 5.91 Å². The van der Waals surface area contributed by atoms with E-state index in [4.69, 9.17) is 0 Å². The van der Waals surface area contributed by atoms with Crippen LogP contribution in [0, 0.1) is 13.8 Å². The molecule has 1 aliphatic rings. The smallest absolute Gasteiger partial charge is 0.280 e. The van der Waals surface area contributed by atoms with Crippen LogP contribution in [0.4, 0.5) is 11.4 Å². The van der Waals surface area contributed by atoms with Gasteiger partial charge < -0.3 is 20.1 Å². The summed E-state index contributed by atoms with van der Waals surface area (Å²) in [5.74, 6) is 0.0268. The minimum absolute atomic E-state index is 0.168. The molecular weight excluding hydrogens is 464 g/mol. The number of phenolic OH excluding ortho intramolecular Hbond substituents is 1. The molecule has 0 spiro atoms. The summed E-state index contributed by atoms with van der Waals surface area (Å²) in [5, 5.41) is 31.2. The molecule has 5 rings (SSSR count). The summed E-state index contributed by atoms with van der Waals surface area (Å²) in [6.45, 7) is 6.28. The molecule has 37 heavy (non-hydrogen) atoms. The van der Waals surface area contributed by atoms with Gasteiger partial charge in [0, 0.05) is 29.2 Å². The number of nitrogens with zero attached hydrogens (tertiary/aromatic N) is 3. The van der Waals surface area contributed by atoms with E-state index < -0.39 is 6.10 Å². The number of nitrogens with one attached hydrogen (secondary N) is 1. The lowest BCUT2D eigenvalue weighted by atomic mass is 10.1. The van der Waals surface area contributed by atoms with Crippen molar-refractivity contribution in [3.63, 3.8) is 0 Å². The Morgan fingerprint density at radius 3 is 2.54 bits per heavy atom. The SMILES string of the molecule is CC1=NN(c2ccccc2)C(=O)C1=Cc1cn(CC(O)CNc2cc(C)cc(C)c2O)c2ccccc12. The van der Waals surface area contributed by atoms with E-state index >= 15 is 0 Å². The van der Waals surface area contributed by atoms with Crippen molar-refractivity contribution in [1.82, 2.24) is 4.57 Å². The van der Waals surface area contributed by atoms with Gasteiger partial charge in [0.1, 0.15) is 5.75 Å². The van der Waals surface area contributed by atoms with Gasteiger partial charge in [-0.15, -0.1) is 0 Å². The first-order chi connectivity index (χ1) is 17.8. The van der Waals surface area contributed by atoms with Gasteiger partial charge in [-0.3, -0.25) is 4.79 Å². The van der Waals surface area contributed by atoms with Crippen LogP contribution in [0.2, 0.25) is 0 Å². The number of fused-ring (bicyclic) bond motifs is 1. The lowest BCUT2D eigenvalue weighted by Crippen LogP contribution is -2.24. The average molecular weight is 495 g/mol. The number of rotatable bonds is 7. The minimum atomic E-state index is -0.707. The highest BCUT2D eigenvalue weighted by atomic mass is 16.3. The molecule has 3 N–H and O–H groups in total. The van der Waals surface area contributed by atoms with Crippen molar-refractivity contribution < 1.29 is 15.0 Å². The molecule has 1 amide bonds. The summed E-state index contributed by atoms with van der Waals surface area (Å²) in [4.78, 5) is 13.2. The van der Waals surface area contributed by atoms with E-state index in [0.717, 1.165) is 33.3 Å². The molecule has 2 heterocycles. The lowest BCUT2D eigenvalue weighted by Gasteiger charge is -2.16. The number of phenols is 1. The number of anilines is 2. The van der Waals surface area contributed by atoms with Crippen LogP contribution in [-0.2, 0) is 11.3 Å². The second-order valence-corrected chi connectivity index (χ2v) is 9.46. The Labute approximate surface area is 216 Å². The number of carbonyl (C=O) groups is 1. The van der Waals surface area contributed by atoms with Crippen molar-refractivity contribution >= 4 is 40.0 Å². The second kappa shape index (κ2) is 9.95. The molecule has 0 fully saturated rings. The third-order valence-electron chi connectivity index (χ3n) is 6.56. The molecule has 4 aromatic rings. The Hall–Kier alpha value is -4.36. The van der Waals surface area contributed by atoms with Crippen LogP contribution in [0.1, 0.15) is 23.6 Å². The normalized spacial score (nSPS) is 15.5. The van der Waals surface area contributed by atoms with E-state index in [2.05, 4.69) is 10.4 Å². The predicted molar refractivity (Wildman–Crippen MR) is 149 cm³/mol. The number of aromatic hydroxyl groups is 1. The molecule has 0 radical (unpaired) electrons. The zero-order valence-electron chi connectivity index (χ0n) is 21.1. The number of hydrazone groups is 1. The Morgan fingerprint density at radius 1 is 1.03 bits per heavy atom. The number of hydrogen-bond acceptors (Lipinski definition) is 5. The van der Waals surface area contributed by atoms with Gasteiger partial charge in [-0.25, -0.2) is 0 Å². The first-order valence-corrected chi connectivity index (χ1v) is 12.3. The Morgan fingerprint density at radius 2 is 1.76 bits per heavy atom. The summed E-state index contributed by atoms with van der Waals surface area (Å²) in [7, 11) is 0. The summed E-state index contributed by atoms with van der Waals surface area (Å²) in [6, 6.07) is 21.1. The van der Waals surface area contributed by atoms with Crippen LogP contribution in [0.3, 0.4) is 0 Å². The number of aromatic nitrogens is 1. The van der Waals surface area contributed by atoms with Crippen molar-refractivity contribution in [2.45, 2.75) is 33.4 Å². The topological polar surface area (TPSA) is 90.1 Å². The summed E-state index contributed by atoms with van der Waals surface area (Å²) >= 11 is 0. The summed E-state index contributed by atoms with van der Waals surface area (Å²) in [6.07, 6.45) is 3.13. The minimum Gasteiger partial charge on any atom is -0.506 e. The fourth-order valence-electron chi connectivity index (χ4n) is 4.74. The van der Waals surface area contributed by atoms with E-state index in [1.54, 1.807) is 0 Å². The van der Waals surface area contributed by atoms with Gasteiger partial charge in [-0.2, -0.15) is 10.1 Å². The van der Waals surface area contributed by atoms with Crippen LogP contribution in [0.5, 0.6) is 5.75 Å². The van der Waals surface area contributed by atoms with Crippen LogP contribution >= 0.6 is 0 Å². The van der Waals surface area contributed by atoms with E-state index in [9.17, 15) is 15.0 Å². The van der Waals surface area contributed by atoms with Gasteiger partial charge in [0.05, 0.1) is 35.3 Å². The molecule has 1 unspecified atom stereocenters. The quantitative estimate of drug-likeness (QED) is 0.242. The Kier molecular flexibility index (Phi) is 6.54. The maximum atomic E-state index is 13.2. The maximum Gasteiger partial charge on any atom is 0.280 e. The fraction of sp³-hybridized carbons (Fsp3) is 0.200. The Bertz CT molecular complexity index is 1540. The molecule has 0 bridgehead atoms. The van der Waals surface area contributed by atoms with Crippen molar-refractivity contribution in [3.8, 4) is 5.75 Å². The summed E-state index contributed by atoms with van der Waals surface area (Å²) < 4.78 is 2.00. The highest BCUT2D eigenvalue weighted by molar-refractivity contribution is 6.32. The predicted octanol–water partition coefficient (Wildman–Crippen LogP) is 5.24. The van der Waals surface area contributed by atoms with Crippen LogP contribution < -0.4 is 10.3 Å². The van der Waals surface area contributed by atoms with Crippen molar-refractivity contribution in [3.05, 3.63) is 95.2 Å². The molecule has 1 aliphatic heterocycles. The molecule has 7 heteroatoms. The third kappa shape index (κ3) is 4.86. The van der Waals surface area contributed by atoms with Gasteiger partial charge >= 0.3 is 0 Å². The maximum absolute atomic E-state index is 13.2. The highest BCUT2D eigenvalue weighted by Crippen LogP contribution is 2.30. The molecule has 188 valence electrons. The fourth-order valence-corrected chi connectivity index (χ4v) is 4.74. The van der Waals surface area contributed by atoms with Gasteiger partial charge in [-0.1, -0.05) is 42.5 Å². The number of aryl methyl sites for hydroxylation is 2. The monoisotopic (exact) mass is 494 g/mol. The van der Waals surface area contributed by atoms with E-state index in [1.807, 2.05) is 104 Å². The second-order valence-electron chi connectivity index (χ2n) is 9.46. The first kappa shape index (κ1) is 24.3. The number of aliphatic hydroxyl groups is 1. The largest absolute Gasteiger partial charge is 0.506 e. The van der Waals surface area contributed by atoms with Crippen LogP contribution in [0.25, 0.3) is 17.0 Å². The van der Waals surface area contributed by atoms with E-state index in [1.165, 1.54) is 5.01 Å². The number of hydrogen-bond donors (Lipinski definition) is 3. The van der Waals surface area contributed by atoms with Gasteiger partial charge in [-0.05, 0) is 62.2 Å². The van der Waals surface area contributed by atoms with Crippen LogP contribution in [0.15, 0.2) is 83.6 Å². The van der Waals surface area contributed by atoms with Gasteiger partial charge in [0.2, 0.25) is 0 Å². The number of aliphatic hydroxyl groups excluding tert-OH is 1. The molecular formula is C30H30N4O3. The van der Waals surface area contributed by atoms with Crippen molar-refractivity contribution in [2.24, 2.45) is 5.10 Å². The molecule has 1 aromatic heterocycles. The Balaban J connectivity index is 1.38. The van der Waals surface area contributed by atoms with E-state index in [0.29, 0.717) is 23.5 Å². The number of benzene rings is 3. The first-order valence-electron chi connectivity index (χ1n) is 12.3. The molecule has 0 saturated heterocycles. The van der Waals surface area contributed by atoms with Gasteiger partial charge in [0.15, 0.2) is 0 Å². The van der Waals surface area contributed by atoms with Crippen LogP contribution in [-0.4, -0.2) is 39.0 Å². The molecule has 1 atom stereocenters. The van der Waals surface area contributed by atoms with Crippen molar-refractivity contribution in [2.75, 3.05) is 16.9 Å². The molecule has 0 saturated carbocycles. The zero-order valence-corrected chi connectivity index (χ0v) is 21.1. The standard InChI is InChI=1S/C30H30N4O3/c1-19-13-20(2)29(36)27(14-19)31-16-24(35)18-33-17-22(25-11-7-8-12-28(25)33)15-26-21(3)32-34(30(26)37)23-9-5-4-6-10-23/h4-15,17,24,31,35-36H,16,18H2,1-3H3. The third-order valence-corrected chi connectivity index (χ3v) is 6.56. The highest BCUT2D eigenvalue weighted by Gasteiger charge is 2.29.